The maximum absolute atomic E-state index is 6.28. The van der Waals surface area contributed by atoms with Crippen molar-refractivity contribution in [3.05, 3.63) is 0 Å². The molecule has 1 aliphatic heterocycles. The Morgan fingerprint density at radius 2 is 1.81 bits per heavy atom. The Kier molecular flexibility index (Phi) is 2.94. The SMILES string of the molecule is NC1CC(OC2CCOCC2)C12CCCC2. The Balaban J connectivity index is 1.58. The standard InChI is InChI=1S/C13H23NO2/c14-11-9-12(13(11)5-1-2-6-13)16-10-3-7-15-8-4-10/h10-12H,1-9,14H2. The first-order valence-corrected chi connectivity index (χ1v) is 6.80. The molecule has 2 unspecified atom stereocenters. The van der Waals surface area contributed by atoms with Gasteiger partial charge in [-0.3, -0.25) is 0 Å². The third kappa shape index (κ3) is 1.69. The van der Waals surface area contributed by atoms with Crippen molar-refractivity contribution in [1.82, 2.24) is 0 Å². The van der Waals surface area contributed by atoms with Crippen LogP contribution in [0, 0.1) is 5.41 Å². The van der Waals surface area contributed by atoms with E-state index in [1.54, 1.807) is 0 Å². The second kappa shape index (κ2) is 4.28. The highest BCUT2D eigenvalue weighted by molar-refractivity contribution is 5.08. The summed E-state index contributed by atoms with van der Waals surface area (Å²) in [4.78, 5) is 0. The van der Waals surface area contributed by atoms with E-state index in [0.717, 1.165) is 32.5 Å². The van der Waals surface area contributed by atoms with Crippen molar-refractivity contribution >= 4 is 0 Å². The van der Waals surface area contributed by atoms with Crippen molar-refractivity contribution in [2.45, 2.75) is 63.2 Å². The quantitative estimate of drug-likeness (QED) is 0.780. The lowest BCUT2D eigenvalue weighted by atomic mass is 9.61. The molecule has 3 heteroatoms. The van der Waals surface area contributed by atoms with Crippen LogP contribution >= 0.6 is 0 Å². The minimum Gasteiger partial charge on any atom is -0.381 e. The van der Waals surface area contributed by atoms with Crippen molar-refractivity contribution in [2.24, 2.45) is 11.1 Å². The Labute approximate surface area is 97.7 Å². The molecule has 0 aromatic heterocycles. The van der Waals surface area contributed by atoms with E-state index in [0.29, 0.717) is 23.7 Å². The largest absolute Gasteiger partial charge is 0.381 e. The minimum atomic E-state index is 0.359. The maximum atomic E-state index is 6.28. The molecule has 0 aromatic carbocycles. The summed E-state index contributed by atoms with van der Waals surface area (Å²) < 4.78 is 11.6. The number of rotatable bonds is 2. The van der Waals surface area contributed by atoms with Gasteiger partial charge >= 0.3 is 0 Å². The van der Waals surface area contributed by atoms with E-state index in [1.165, 1.54) is 25.7 Å². The van der Waals surface area contributed by atoms with Gasteiger partial charge in [-0.05, 0) is 32.1 Å². The molecule has 2 atom stereocenters. The molecule has 16 heavy (non-hydrogen) atoms. The molecule has 0 aromatic rings. The highest BCUT2D eigenvalue weighted by Gasteiger charge is 2.55. The third-order valence-corrected chi connectivity index (χ3v) is 4.91. The zero-order valence-corrected chi connectivity index (χ0v) is 9.99. The van der Waals surface area contributed by atoms with Crippen LogP contribution in [0.3, 0.4) is 0 Å². The Morgan fingerprint density at radius 3 is 2.44 bits per heavy atom. The molecule has 2 saturated carbocycles. The molecule has 2 aliphatic carbocycles. The molecule has 1 heterocycles. The van der Waals surface area contributed by atoms with Crippen LogP contribution in [-0.4, -0.2) is 31.5 Å². The molecule has 0 amide bonds. The smallest absolute Gasteiger partial charge is 0.0664 e. The lowest BCUT2D eigenvalue weighted by molar-refractivity contribution is -0.169. The van der Waals surface area contributed by atoms with Crippen LogP contribution in [0.15, 0.2) is 0 Å². The summed E-state index contributed by atoms with van der Waals surface area (Å²) in [6, 6.07) is 0.403. The molecule has 1 saturated heterocycles. The van der Waals surface area contributed by atoms with E-state index in [1.807, 2.05) is 0 Å². The first-order valence-electron chi connectivity index (χ1n) is 6.80. The predicted octanol–water partition coefficient (Wildman–Crippen LogP) is 1.84. The van der Waals surface area contributed by atoms with Gasteiger partial charge in [0.1, 0.15) is 0 Å². The third-order valence-electron chi connectivity index (χ3n) is 4.91. The van der Waals surface area contributed by atoms with E-state index in [2.05, 4.69) is 0 Å². The highest BCUT2D eigenvalue weighted by atomic mass is 16.5. The highest BCUT2D eigenvalue weighted by Crippen LogP contribution is 2.54. The molecule has 0 bridgehead atoms. The van der Waals surface area contributed by atoms with Crippen LogP contribution in [0.25, 0.3) is 0 Å². The first-order chi connectivity index (χ1) is 7.81. The summed E-state index contributed by atoms with van der Waals surface area (Å²) in [6.45, 7) is 1.74. The van der Waals surface area contributed by atoms with Gasteiger partial charge in [0.2, 0.25) is 0 Å². The van der Waals surface area contributed by atoms with Crippen molar-refractivity contribution in [3.63, 3.8) is 0 Å². The normalized spacial score (nSPS) is 38.8. The molecule has 1 spiro atoms. The average molecular weight is 225 g/mol. The van der Waals surface area contributed by atoms with E-state index in [-0.39, 0.29) is 0 Å². The Hall–Kier alpha value is -0.120. The molecule has 92 valence electrons. The van der Waals surface area contributed by atoms with Crippen LogP contribution < -0.4 is 5.73 Å². The minimum absolute atomic E-state index is 0.359. The predicted molar refractivity (Wildman–Crippen MR) is 62.2 cm³/mol. The molecular formula is C13H23NO2. The lowest BCUT2D eigenvalue weighted by Gasteiger charge is -2.53. The summed E-state index contributed by atoms with van der Waals surface area (Å²) in [5.74, 6) is 0. The van der Waals surface area contributed by atoms with Crippen LogP contribution in [0.4, 0.5) is 0 Å². The molecule has 2 N–H and O–H groups in total. The van der Waals surface area contributed by atoms with Gasteiger partial charge in [0.15, 0.2) is 0 Å². The molecule has 3 nitrogen and oxygen atoms in total. The maximum Gasteiger partial charge on any atom is 0.0664 e. The topological polar surface area (TPSA) is 44.5 Å². The summed E-state index contributed by atoms with van der Waals surface area (Å²) in [5, 5.41) is 0. The van der Waals surface area contributed by atoms with Crippen LogP contribution in [0.2, 0.25) is 0 Å². The van der Waals surface area contributed by atoms with E-state index < -0.39 is 0 Å². The Bertz CT molecular complexity index is 244. The lowest BCUT2D eigenvalue weighted by Crippen LogP contribution is -2.61. The van der Waals surface area contributed by atoms with E-state index >= 15 is 0 Å². The zero-order valence-electron chi connectivity index (χ0n) is 9.99. The van der Waals surface area contributed by atoms with E-state index in [4.69, 9.17) is 15.2 Å². The number of nitrogens with two attached hydrogens (primary N) is 1. The van der Waals surface area contributed by atoms with Gasteiger partial charge in [-0.15, -0.1) is 0 Å². The van der Waals surface area contributed by atoms with Crippen molar-refractivity contribution in [3.8, 4) is 0 Å². The summed E-state index contributed by atoms with van der Waals surface area (Å²) >= 11 is 0. The van der Waals surface area contributed by atoms with E-state index in [9.17, 15) is 0 Å². The molecule has 3 aliphatic rings. The van der Waals surface area contributed by atoms with Gasteiger partial charge in [-0.1, -0.05) is 12.8 Å². The van der Waals surface area contributed by atoms with Crippen LogP contribution in [0.5, 0.6) is 0 Å². The van der Waals surface area contributed by atoms with Crippen molar-refractivity contribution < 1.29 is 9.47 Å². The first kappa shape index (κ1) is 11.0. The number of hydrogen-bond donors (Lipinski definition) is 1. The van der Waals surface area contributed by atoms with Gasteiger partial charge in [0.25, 0.3) is 0 Å². The van der Waals surface area contributed by atoms with Gasteiger partial charge in [0, 0.05) is 24.7 Å². The monoisotopic (exact) mass is 225 g/mol. The molecule has 3 rings (SSSR count). The second-order valence-electron chi connectivity index (χ2n) is 5.72. The van der Waals surface area contributed by atoms with Gasteiger partial charge < -0.3 is 15.2 Å². The number of hydrogen-bond acceptors (Lipinski definition) is 3. The van der Waals surface area contributed by atoms with Crippen LogP contribution in [-0.2, 0) is 9.47 Å². The zero-order chi connectivity index (χ0) is 11.0. The van der Waals surface area contributed by atoms with Gasteiger partial charge in [-0.2, -0.15) is 0 Å². The molecular weight excluding hydrogens is 202 g/mol. The Morgan fingerprint density at radius 1 is 1.12 bits per heavy atom. The van der Waals surface area contributed by atoms with Crippen LogP contribution in [0.1, 0.15) is 44.9 Å². The number of ether oxygens (including phenoxy) is 2. The second-order valence-corrected chi connectivity index (χ2v) is 5.72. The van der Waals surface area contributed by atoms with Crippen molar-refractivity contribution in [1.29, 1.82) is 0 Å². The fourth-order valence-electron chi connectivity index (χ4n) is 3.74. The molecule has 3 fully saturated rings. The molecule has 0 radical (unpaired) electrons. The summed E-state index contributed by atoms with van der Waals surface area (Å²) in [6.07, 6.45) is 9.39. The van der Waals surface area contributed by atoms with Crippen molar-refractivity contribution in [2.75, 3.05) is 13.2 Å². The summed E-state index contributed by atoms with van der Waals surface area (Å²) in [5.41, 5.74) is 6.57. The van der Waals surface area contributed by atoms with Gasteiger partial charge in [-0.25, -0.2) is 0 Å². The van der Waals surface area contributed by atoms with Gasteiger partial charge in [0.05, 0.1) is 12.2 Å². The fraction of sp³-hybridized carbons (Fsp3) is 1.00. The summed E-state index contributed by atoms with van der Waals surface area (Å²) in [7, 11) is 0. The fourth-order valence-corrected chi connectivity index (χ4v) is 3.74. The average Bonchev–Trinajstić information content (AvgIpc) is 2.82.